The average molecular weight is 561 g/mol. The van der Waals surface area contributed by atoms with Gasteiger partial charge in [0.2, 0.25) is 0 Å². The fourth-order valence-corrected chi connectivity index (χ4v) is 3.90. The van der Waals surface area contributed by atoms with Crippen LogP contribution in [-0.2, 0) is 9.59 Å². The summed E-state index contributed by atoms with van der Waals surface area (Å²) < 4.78 is 6.16. The standard InChI is InChI=1S/C24H16BrCl2N3O4/c1-34-19-11-6-15(26)12-18(19)30-23(32)20(27)21(24(30)33)28-16-7-2-13(3-8-16)22(31)29-17-9-4-14(25)5-10-17/h2-12,28H,1H3,(H,29,31). The molecule has 7 nitrogen and oxygen atoms in total. The minimum Gasteiger partial charge on any atom is -0.495 e. The van der Waals surface area contributed by atoms with Crippen LogP contribution in [0.1, 0.15) is 10.4 Å². The minimum absolute atomic E-state index is 0.0965. The van der Waals surface area contributed by atoms with Gasteiger partial charge in [-0.05, 0) is 66.7 Å². The van der Waals surface area contributed by atoms with E-state index in [2.05, 4.69) is 26.6 Å². The van der Waals surface area contributed by atoms with E-state index in [1.54, 1.807) is 48.5 Å². The number of amides is 3. The number of ether oxygens (including phenoxy) is 1. The number of anilines is 3. The van der Waals surface area contributed by atoms with Crippen molar-refractivity contribution in [1.29, 1.82) is 0 Å². The zero-order valence-electron chi connectivity index (χ0n) is 17.6. The Kier molecular flexibility index (Phi) is 6.92. The van der Waals surface area contributed by atoms with Gasteiger partial charge in [0.1, 0.15) is 16.5 Å². The molecule has 0 saturated heterocycles. The summed E-state index contributed by atoms with van der Waals surface area (Å²) >= 11 is 15.6. The van der Waals surface area contributed by atoms with Crippen LogP contribution in [0.3, 0.4) is 0 Å². The van der Waals surface area contributed by atoms with Crippen LogP contribution >= 0.6 is 39.1 Å². The maximum absolute atomic E-state index is 13.0. The molecule has 0 bridgehead atoms. The van der Waals surface area contributed by atoms with Crippen LogP contribution in [0.5, 0.6) is 5.75 Å². The van der Waals surface area contributed by atoms with E-state index < -0.39 is 11.8 Å². The highest BCUT2D eigenvalue weighted by Gasteiger charge is 2.40. The van der Waals surface area contributed by atoms with Gasteiger partial charge in [-0.25, -0.2) is 4.90 Å². The topological polar surface area (TPSA) is 87.7 Å². The van der Waals surface area contributed by atoms with Crippen molar-refractivity contribution in [3.63, 3.8) is 0 Å². The smallest absolute Gasteiger partial charge is 0.283 e. The lowest BCUT2D eigenvalue weighted by Gasteiger charge is -2.18. The number of hydrogen-bond donors (Lipinski definition) is 2. The summed E-state index contributed by atoms with van der Waals surface area (Å²) in [5.74, 6) is -1.37. The average Bonchev–Trinajstić information content (AvgIpc) is 3.04. The highest BCUT2D eigenvalue weighted by Crippen LogP contribution is 2.37. The first-order valence-corrected chi connectivity index (χ1v) is 11.4. The Hall–Kier alpha value is -3.33. The Morgan fingerprint density at radius 1 is 0.912 bits per heavy atom. The molecule has 2 N–H and O–H groups in total. The minimum atomic E-state index is -0.708. The van der Waals surface area contributed by atoms with Crippen LogP contribution in [0.4, 0.5) is 17.1 Å². The second-order valence-corrected chi connectivity index (χ2v) is 8.84. The van der Waals surface area contributed by atoms with Gasteiger partial charge >= 0.3 is 0 Å². The summed E-state index contributed by atoms with van der Waals surface area (Å²) in [4.78, 5) is 39.2. The summed E-state index contributed by atoms with van der Waals surface area (Å²) in [6.45, 7) is 0. The van der Waals surface area contributed by atoms with Crippen molar-refractivity contribution in [3.8, 4) is 5.75 Å². The van der Waals surface area contributed by atoms with Crippen molar-refractivity contribution in [1.82, 2.24) is 0 Å². The Balaban J connectivity index is 1.51. The lowest BCUT2D eigenvalue weighted by atomic mass is 10.2. The van der Waals surface area contributed by atoms with Crippen LogP contribution in [0.25, 0.3) is 0 Å². The van der Waals surface area contributed by atoms with Crippen LogP contribution in [0.2, 0.25) is 5.02 Å². The molecule has 0 saturated carbocycles. The number of nitrogens with one attached hydrogen (secondary N) is 2. The number of imide groups is 1. The van der Waals surface area contributed by atoms with Crippen molar-refractivity contribution in [3.05, 3.63) is 92.5 Å². The second-order valence-electron chi connectivity index (χ2n) is 7.11. The van der Waals surface area contributed by atoms with Crippen molar-refractivity contribution < 1.29 is 19.1 Å². The fourth-order valence-electron chi connectivity index (χ4n) is 3.25. The summed E-state index contributed by atoms with van der Waals surface area (Å²) in [5, 5.41) is 5.72. The summed E-state index contributed by atoms with van der Waals surface area (Å²) in [5.41, 5.74) is 1.61. The first-order valence-electron chi connectivity index (χ1n) is 9.84. The van der Waals surface area contributed by atoms with Gasteiger partial charge in [0.25, 0.3) is 17.7 Å². The SMILES string of the molecule is COc1ccc(Cl)cc1N1C(=O)C(Cl)=C(Nc2ccc(C(=O)Nc3ccc(Br)cc3)cc2)C1=O. The predicted molar refractivity (Wildman–Crippen MR) is 136 cm³/mol. The fraction of sp³-hybridized carbons (Fsp3) is 0.0417. The van der Waals surface area contributed by atoms with E-state index in [1.807, 2.05) is 12.1 Å². The highest BCUT2D eigenvalue weighted by molar-refractivity contribution is 9.10. The molecule has 34 heavy (non-hydrogen) atoms. The third-order valence-electron chi connectivity index (χ3n) is 4.93. The van der Waals surface area contributed by atoms with Gasteiger partial charge in [0, 0.05) is 26.4 Å². The molecule has 3 aromatic carbocycles. The molecule has 3 aromatic rings. The summed E-state index contributed by atoms with van der Waals surface area (Å²) in [6.07, 6.45) is 0. The Morgan fingerprint density at radius 3 is 2.21 bits per heavy atom. The van der Waals surface area contributed by atoms with E-state index in [0.29, 0.717) is 22.0 Å². The Labute approximate surface area is 213 Å². The van der Waals surface area contributed by atoms with Crippen molar-refractivity contribution in [2.75, 3.05) is 22.6 Å². The molecule has 0 atom stereocenters. The third kappa shape index (κ3) is 4.79. The quantitative estimate of drug-likeness (QED) is 0.372. The van der Waals surface area contributed by atoms with E-state index >= 15 is 0 Å². The van der Waals surface area contributed by atoms with Crippen molar-refractivity contribution in [2.24, 2.45) is 0 Å². The van der Waals surface area contributed by atoms with E-state index in [1.165, 1.54) is 13.2 Å². The molecule has 0 fully saturated rings. The Bertz CT molecular complexity index is 1330. The number of methoxy groups -OCH3 is 1. The van der Waals surface area contributed by atoms with Crippen LogP contribution in [-0.4, -0.2) is 24.8 Å². The number of rotatable bonds is 6. The van der Waals surface area contributed by atoms with Gasteiger partial charge in [-0.15, -0.1) is 0 Å². The number of carbonyl (C=O) groups excluding carboxylic acids is 3. The largest absolute Gasteiger partial charge is 0.495 e. The molecule has 0 unspecified atom stereocenters. The van der Waals surface area contributed by atoms with E-state index in [0.717, 1.165) is 9.37 Å². The lowest BCUT2D eigenvalue weighted by molar-refractivity contribution is -0.120. The zero-order valence-corrected chi connectivity index (χ0v) is 20.7. The number of nitrogens with zero attached hydrogens (tertiary/aromatic N) is 1. The van der Waals surface area contributed by atoms with Gasteiger partial charge in [0.05, 0.1) is 12.8 Å². The second kappa shape index (κ2) is 9.89. The number of hydrogen-bond acceptors (Lipinski definition) is 5. The van der Waals surface area contributed by atoms with Crippen LogP contribution < -0.4 is 20.3 Å². The van der Waals surface area contributed by atoms with Crippen LogP contribution in [0, 0.1) is 0 Å². The first kappa shape index (κ1) is 23.8. The number of carbonyl (C=O) groups is 3. The molecule has 1 aliphatic rings. The van der Waals surface area contributed by atoms with Crippen molar-refractivity contribution in [2.45, 2.75) is 0 Å². The molecule has 10 heteroatoms. The van der Waals surface area contributed by atoms with Gasteiger partial charge in [0.15, 0.2) is 0 Å². The van der Waals surface area contributed by atoms with Crippen LogP contribution in [0.15, 0.2) is 81.9 Å². The molecule has 0 radical (unpaired) electrons. The molecule has 4 rings (SSSR count). The van der Waals surface area contributed by atoms with Gasteiger partial charge in [-0.1, -0.05) is 39.1 Å². The summed E-state index contributed by atoms with van der Waals surface area (Å²) in [7, 11) is 1.42. The first-order chi connectivity index (χ1) is 16.3. The highest BCUT2D eigenvalue weighted by atomic mass is 79.9. The zero-order chi connectivity index (χ0) is 24.4. The maximum atomic E-state index is 13.0. The summed E-state index contributed by atoms with van der Waals surface area (Å²) in [6, 6.07) is 18.2. The van der Waals surface area contributed by atoms with Gasteiger partial charge in [-0.2, -0.15) is 0 Å². The van der Waals surface area contributed by atoms with E-state index in [4.69, 9.17) is 27.9 Å². The molecule has 0 spiro atoms. The molecule has 3 amide bonds. The predicted octanol–water partition coefficient (Wildman–Crippen LogP) is 5.80. The van der Waals surface area contributed by atoms with E-state index in [-0.39, 0.29) is 28.1 Å². The molecule has 1 aliphatic heterocycles. The molecular weight excluding hydrogens is 545 g/mol. The molecule has 1 heterocycles. The monoisotopic (exact) mass is 559 g/mol. The van der Waals surface area contributed by atoms with E-state index in [9.17, 15) is 14.4 Å². The Morgan fingerprint density at radius 2 is 1.56 bits per heavy atom. The van der Waals surface area contributed by atoms with Gasteiger partial charge in [-0.3, -0.25) is 14.4 Å². The van der Waals surface area contributed by atoms with Gasteiger partial charge < -0.3 is 15.4 Å². The number of benzene rings is 3. The third-order valence-corrected chi connectivity index (χ3v) is 6.04. The molecule has 0 aromatic heterocycles. The maximum Gasteiger partial charge on any atom is 0.283 e. The molecular formula is C24H16BrCl2N3O4. The van der Waals surface area contributed by atoms with Crippen molar-refractivity contribution >= 4 is 73.9 Å². The lowest BCUT2D eigenvalue weighted by Crippen LogP contribution is -2.32. The molecule has 172 valence electrons. The normalized spacial score (nSPS) is 13.4. The molecule has 0 aliphatic carbocycles. The number of halogens is 3.